The third-order valence-corrected chi connectivity index (χ3v) is 6.21. The molecular weight excluding hydrogens is 415 g/mol. The topological polar surface area (TPSA) is 69.0 Å². The number of hydrogen-bond donors (Lipinski definition) is 1. The lowest BCUT2D eigenvalue weighted by Gasteiger charge is -2.15. The van der Waals surface area contributed by atoms with E-state index < -0.39 is 0 Å². The molecule has 0 bridgehead atoms. The minimum absolute atomic E-state index is 0.0706. The van der Waals surface area contributed by atoms with E-state index in [-0.39, 0.29) is 23.1 Å². The van der Waals surface area contributed by atoms with Crippen molar-refractivity contribution in [2.45, 2.75) is 42.7 Å². The second-order valence-electron chi connectivity index (χ2n) is 7.51. The Morgan fingerprint density at radius 2 is 2.00 bits per heavy atom. The molecule has 0 unspecified atom stereocenters. The van der Waals surface area contributed by atoms with Crippen LogP contribution >= 0.6 is 11.8 Å². The maximum absolute atomic E-state index is 13.5. The van der Waals surface area contributed by atoms with Gasteiger partial charge in [-0.05, 0) is 49.6 Å². The van der Waals surface area contributed by atoms with Gasteiger partial charge in [-0.2, -0.15) is 0 Å². The maximum Gasteiger partial charge on any atom is 0.233 e. The van der Waals surface area contributed by atoms with Crippen molar-refractivity contribution in [1.82, 2.24) is 20.1 Å². The van der Waals surface area contributed by atoms with Gasteiger partial charge in [-0.25, -0.2) is 4.39 Å². The molecule has 2 heterocycles. The second-order valence-corrected chi connectivity index (χ2v) is 8.82. The molecule has 8 heteroatoms. The number of carbonyl (C=O) groups excluding carboxylic acids is 1. The molecule has 0 spiro atoms. The molecule has 1 aliphatic rings. The number of thioether (sulfide) groups is 1. The predicted octanol–water partition coefficient (Wildman–Crippen LogP) is 3.77. The summed E-state index contributed by atoms with van der Waals surface area (Å²) in [5.74, 6) is 0.351. The number of halogens is 1. The lowest BCUT2D eigenvalue weighted by atomic mass is 10.1. The monoisotopic (exact) mass is 440 g/mol. The van der Waals surface area contributed by atoms with Gasteiger partial charge >= 0.3 is 0 Å². The van der Waals surface area contributed by atoms with Crippen LogP contribution in [0.1, 0.15) is 31.2 Å². The summed E-state index contributed by atoms with van der Waals surface area (Å²) in [5.41, 5.74) is 1.85. The van der Waals surface area contributed by atoms with Crippen LogP contribution in [0.25, 0.3) is 5.69 Å². The molecule has 31 heavy (non-hydrogen) atoms. The third-order valence-electron chi connectivity index (χ3n) is 5.17. The molecule has 2 aromatic carbocycles. The van der Waals surface area contributed by atoms with Crippen molar-refractivity contribution in [3.63, 3.8) is 0 Å². The van der Waals surface area contributed by atoms with Crippen molar-refractivity contribution in [2.24, 2.45) is 0 Å². The summed E-state index contributed by atoms with van der Waals surface area (Å²) >= 11 is 1.33. The van der Waals surface area contributed by atoms with Crippen LogP contribution in [0.4, 0.5) is 4.39 Å². The minimum atomic E-state index is -0.366. The van der Waals surface area contributed by atoms with Crippen LogP contribution in [0.15, 0.2) is 59.8 Å². The Balaban J connectivity index is 1.53. The Morgan fingerprint density at radius 1 is 1.23 bits per heavy atom. The first-order valence-electron chi connectivity index (χ1n) is 10.4. The molecule has 1 amide bonds. The summed E-state index contributed by atoms with van der Waals surface area (Å²) in [6.07, 6.45) is 2.69. The van der Waals surface area contributed by atoms with E-state index in [1.54, 1.807) is 12.1 Å². The maximum atomic E-state index is 13.5. The normalized spacial score (nSPS) is 16.9. The highest BCUT2D eigenvalue weighted by Gasteiger charge is 2.23. The van der Waals surface area contributed by atoms with Crippen LogP contribution in [-0.4, -0.2) is 45.2 Å². The summed E-state index contributed by atoms with van der Waals surface area (Å²) in [7, 11) is 0. The second kappa shape index (κ2) is 10.1. The van der Waals surface area contributed by atoms with Gasteiger partial charge in [-0.1, -0.05) is 42.1 Å². The average Bonchev–Trinajstić information content (AvgIpc) is 3.44. The van der Waals surface area contributed by atoms with Gasteiger partial charge in [0.15, 0.2) is 5.16 Å². The fraction of sp³-hybridized carbons (Fsp3) is 0.348. The van der Waals surface area contributed by atoms with Gasteiger partial charge in [-0.3, -0.25) is 9.36 Å². The van der Waals surface area contributed by atoms with E-state index in [4.69, 9.17) is 4.74 Å². The standard InChI is InChI=1S/C23H25FN4O2S/c1-16(22(29)25-15-20-8-5-13-30-20)31-23-27-26-21(14-17-6-3-2-4-7-17)28(23)19-11-9-18(24)10-12-19/h2-4,6-7,9-12,16,20H,5,8,13-15H2,1H3,(H,25,29)/t16-,20+/m1/s1. The molecular formula is C23H25FN4O2S. The number of aromatic nitrogens is 3. The van der Waals surface area contributed by atoms with Gasteiger partial charge in [0, 0.05) is 25.3 Å². The Hall–Kier alpha value is -2.71. The number of hydrogen-bond acceptors (Lipinski definition) is 5. The Labute approximate surface area is 185 Å². The van der Waals surface area contributed by atoms with Gasteiger partial charge in [0.05, 0.1) is 11.4 Å². The van der Waals surface area contributed by atoms with E-state index in [1.165, 1.54) is 23.9 Å². The van der Waals surface area contributed by atoms with E-state index in [2.05, 4.69) is 15.5 Å². The first kappa shape index (κ1) is 21.5. The van der Waals surface area contributed by atoms with Gasteiger partial charge in [-0.15, -0.1) is 10.2 Å². The molecule has 3 aromatic rings. The molecule has 1 saturated heterocycles. The Bertz CT molecular complexity index is 1000. The van der Waals surface area contributed by atoms with Crippen molar-refractivity contribution in [2.75, 3.05) is 13.2 Å². The fourth-order valence-electron chi connectivity index (χ4n) is 3.49. The molecule has 1 aromatic heterocycles. The number of ether oxygens (including phenoxy) is 1. The van der Waals surface area contributed by atoms with Gasteiger partial charge < -0.3 is 10.1 Å². The molecule has 1 N–H and O–H groups in total. The number of rotatable bonds is 8. The first-order chi connectivity index (χ1) is 15.1. The van der Waals surface area contributed by atoms with Crippen LogP contribution in [0, 0.1) is 5.82 Å². The summed E-state index contributed by atoms with van der Waals surface area (Å²) < 4.78 is 21.0. The molecule has 6 nitrogen and oxygen atoms in total. The molecule has 0 aliphatic carbocycles. The fourth-order valence-corrected chi connectivity index (χ4v) is 4.40. The minimum Gasteiger partial charge on any atom is -0.376 e. The molecule has 0 radical (unpaired) electrons. The quantitative estimate of drug-likeness (QED) is 0.540. The van der Waals surface area contributed by atoms with Crippen molar-refractivity contribution in [3.8, 4) is 5.69 Å². The largest absolute Gasteiger partial charge is 0.376 e. The molecule has 2 atom stereocenters. The zero-order valence-corrected chi connectivity index (χ0v) is 18.1. The Morgan fingerprint density at radius 3 is 2.71 bits per heavy atom. The summed E-state index contributed by atoms with van der Waals surface area (Å²) in [4.78, 5) is 12.6. The smallest absolute Gasteiger partial charge is 0.233 e. The van der Waals surface area contributed by atoms with Crippen LogP contribution in [0.2, 0.25) is 0 Å². The van der Waals surface area contributed by atoms with Crippen LogP contribution in [-0.2, 0) is 16.0 Å². The van der Waals surface area contributed by atoms with E-state index >= 15 is 0 Å². The summed E-state index contributed by atoms with van der Waals surface area (Å²) in [6, 6.07) is 16.2. The SMILES string of the molecule is C[C@@H](Sc1nnc(Cc2ccccc2)n1-c1ccc(F)cc1)C(=O)NC[C@@H]1CCCO1. The molecule has 4 rings (SSSR count). The number of nitrogens with one attached hydrogen (secondary N) is 1. The van der Waals surface area contributed by atoms with E-state index in [0.29, 0.717) is 18.1 Å². The van der Waals surface area contributed by atoms with Gasteiger partial charge in [0.25, 0.3) is 0 Å². The van der Waals surface area contributed by atoms with E-state index in [9.17, 15) is 9.18 Å². The highest BCUT2D eigenvalue weighted by Crippen LogP contribution is 2.27. The molecule has 1 aliphatic heterocycles. The van der Waals surface area contributed by atoms with Crippen molar-refractivity contribution >= 4 is 17.7 Å². The van der Waals surface area contributed by atoms with Gasteiger partial charge in [0.2, 0.25) is 5.91 Å². The lowest BCUT2D eigenvalue weighted by molar-refractivity contribution is -0.120. The zero-order chi connectivity index (χ0) is 21.6. The number of amides is 1. The lowest BCUT2D eigenvalue weighted by Crippen LogP contribution is -2.36. The van der Waals surface area contributed by atoms with Crippen molar-refractivity contribution < 1.29 is 13.9 Å². The number of benzene rings is 2. The van der Waals surface area contributed by atoms with Crippen molar-refractivity contribution in [1.29, 1.82) is 0 Å². The number of carbonyl (C=O) groups is 1. The first-order valence-corrected chi connectivity index (χ1v) is 11.3. The molecule has 1 fully saturated rings. The third kappa shape index (κ3) is 5.51. The van der Waals surface area contributed by atoms with Gasteiger partial charge in [0.1, 0.15) is 11.6 Å². The van der Waals surface area contributed by atoms with E-state index in [1.807, 2.05) is 41.8 Å². The molecule has 0 saturated carbocycles. The van der Waals surface area contributed by atoms with Crippen molar-refractivity contribution in [3.05, 3.63) is 71.8 Å². The van der Waals surface area contributed by atoms with Crippen LogP contribution < -0.4 is 5.32 Å². The average molecular weight is 441 g/mol. The summed E-state index contributed by atoms with van der Waals surface area (Å²) in [5, 5.41) is 11.9. The number of nitrogens with zero attached hydrogens (tertiary/aromatic N) is 3. The van der Waals surface area contributed by atoms with Crippen LogP contribution in [0.3, 0.4) is 0 Å². The highest BCUT2D eigenvalue weighted by molar-refractivity contribution is 8.00. The highest BCUT2D eigenvalue weighted by atomic mass is 32.2. The van der Waals surface area contributed by atoms with E-state index in [0.717, 1.165) is 36.5 Å². The van der Waals surface area contributed by atoms with Crippen LogP contribution in [0.5, 0.6) is 0 Å². The zero-order valence-electron chi connectivity index (χ0n) is 17.3. The summed E-state index contributed by atoms with van der Waals surface area (Å²) in [6.45, 7) is 3.12. The predicted molar refractivity (Wildman–Crippen MR) is 118 cm³/mol. The molecule has 162 valence electrons. The Kier molecular flexibility index (Phi) is 6.99.